The highest BCUT2D eigenvalue weighted by atomic mass is 79.9. The Morgan fingerprint density at radius 1 is 1.36 bits per heavy atom. The molecule has 1 aromatic carbocycles. The molecule has 0 bridgehead atoms. The molecule has 2 atom stereocenters. The molecule has 4 nitrogen and oxygen atoms in total. The Bertz CT molecular complexity index is 600. The number of amides is 1. The van der Waals surface area contributed by atoms with Crippen molar-refractivity contribution in [1.29, 1.82) is 0 Å². The maximum Gasteiger partial charge on any atom is 0.221 e. The first-order chi connectivity index (χ1) is 10.6. The van der Waals surface area contributed by atoms with E-state index < -0.39 is 0 Å². The lowest BCUT2D eigenvalue weighted by atomic mass is 10.0. The van der Waals surface area contributed by atoms with E-state index in [-0.39, 0.29) is 11.9 Å². The largest absolute Gasteiger partial charge is 0.486 e. The molecular weight excluding hydrogens is 346 g/mol. The van der Waals surface area contributed by atoms with Crippen LogP contribution in [0.25, 0.3) is 0 Å². The highest BCUT2D eigenvalue weighted by molar-refractivity contribution is 9.10. The standard InChI is InChI=1S/C17H20BrNO3/c1-11(19-17(20)8-12-4-2-3-5-12)13-9-15-16(10-14(13)18)22-7-6-21-15/h2,4,9-12H,3,5-8H2,1H3,(H,19,20)/t11-,12+/m0/s1. The number of nitrogens with one attached hydrogen (secondary N) is 1. The van der Waals surface area contributed by atoms with Gasteiger partial charge >= 0.3 is 0 Å². The summed E-state index contributed by atoms with van der Waals surface area (Å²) in [6, 6.07) is 3.77. The second-order valence-corrected chi connectivity index (χ2v) is 6.63. The minimum absolute atomic E-state index is 0.0805. The van der Waals surface area contributed by atoms with Crippen molar-refractivity contribution >= 4 is 21.8 Å². The predicted octanol–water partition coefficient (Wildman–Crippen LogP) is 3.75. The van der Waals surface area contributed by atoms with Crippen LogP contribution in [0.4, 0.5) is 0 Å². The lowest BCUT2D eigenvalue weighted by molar-refractivity contribution is -0.122. The molecule has 1 amide bonds. The van der Waals surface area contributed by atoms with Gasteiger partial charge in [0.15, 0.2) is 11.5 Å². The maximum absolute atomic E-state index is 12.2. The van der Waals surface area contributed by atoms with Crippen molar-refractivity contribution in [2.75, 3.05) is 13.2 Å². The smallest absolute Gasteiger partial charge is 0.221 e. The van der Waals surface area contributed by atoms with E-state index in [0.717, 1.165) is 34.4 Å². The zero-order valence-electron chi connectivity index (χ0n) is 12.6. The molecule has 0 saturated carbocycles. The average molecular weight is 366 g/mol. The molecule has 5 heteroatoms. The number of fused-ring (bicyclic) bond motifs is 1. The van der Waals surface area contributed by atoms with Crippen LogP contribution in [-0.2, 0) is 4.79 Å². The normalized spacial score (nSPS) is 20.7. The van der Waals surface area contributed by atoms with Crippen molar-refractivity contribution < 1.29 is 14.3 Å². The van der Waals surface area contributed by atoms with Gasteiger partial charge in [-0.2, -0.15) is 0 Å². The fourth-order valence-electron chi connectivity index (χ4n) is 2.89. The van der Waals surface area contributed by atoms with Gasteiger partial charge in [-0.05, 0) is 43.4 Å². The van der Waals surface area contributed by atoms with Crippen LogP contribution in [0.2, 0.25) is 0 Å². The molecule has 0 fully saturated rings. The van der Waals surface area contributed by atoms with Crippen molar-refractivity contribution in [2.45, 2.75) is 32.2 Å². The Kier molecular flexibility index (Phi) is 4.71. The molecule has 2 aliphatic rings. The van der Waals surface area contributed by atoms with Crippen LogP contribution in [0.3, 0.4) is 0 Å². The zero-order chi connectivity index (χ0) is 15.5. The summed E-state index contributed by atoms with van der Waals surface area (Å²) >= 11 is 3.56. The molecule has 1 N–H and O–H groups in total. The van der Waals surface area contributed by atoms with Gasteiger partial charge in [-0.25, -0.2) is 0 Å². The summed E-state index contributed by atoms with van der Waals surface area (Å²) in [6.07, 6.45) is 7.02. The monoisotopic (exact) mass is 365 g/mol. The SMILES string of the molecule is C[C@H](NC(=O)C[C@@H]1C=CCC1)c1cc2c(cc1Br)OCCO2. The van der Waals surface area contributed by atoms with Gasteiger partial charge in [0.2, 0.25) is 5.91 Å². The second-order valence-electron chi connectivity index (χ2n) is 5.78. The minimum atomic E-state index is -0.0805. The highest BCUT2D eigenvalue weighted by Gasteiger charge is 2.20. The third-order valence-electron chi connectivity index (χ3n) is 4.07. The average Bonchev–Trinajstić information content (AvgIpc) is 2.99. The number of allylic oxidation sites excluding steroid dienone is 2. The van der Waals surface area contributed by atoms with Crippen molar-refractivity contribution in [3.63, 3.8) is 0 Å². The summed E-state index contributed by atoms with van der Waals surface area (Å²) in [7, 11) is 0. The van der Waals surface area contributed by atoms with E-state index in [9.17, 15) is 4.79 Å². The molecular formula is C17H20BrNO3. The molecule has 1 heterocycles. The first-order valence-electron chi connectivity index (χ1n) is 7.68. The number of halogens is 1. The van der Waals surface area contributed by atoms with E-state index in [1.807, 2.05) is 19.1 Å². The first kappa shape index (κ1) is 15.4. The van der Waals surface area contributed by atoms with E-state index in [1.165, 1.54) is 0 Å². The maximum atomic E-state index is 12.2. The summed E-state index contributed by atoms with van der Waals surface area (Å²) in [5, 5.41) is 3.07. The Hall–Kier alpha value is -1.49. The van der Waals surface area contributed by atoms with Crippen LogP contribution < -0.4 is 14.8 Å². The van der Waals surface area contributed by atoms with Crippen molar-refractivity contribution in [3.05, 3.63) is 34.3 Å². The Labute approximate surface area is 139 Å². The number of hydrogen-bond donors (Lipinski definition) is 1. The quantitative estimate of drug-likeness (QED) is 0.826. The van der Waals surface area contributed by atoms with Gasteiger partial charge in [0.05, 0.1) is 6.04 Å². The van der Waals surface area contributed by atoms with Crippen LogP contribution in [0, 0.1) is 5.92 Å². The van der Waals surface area contributed by atoms with E-state index in [4.69, 9.17) is 9.47 Å². The predicted molar refractivity (Wildman–Crippen MR) is 88.2 cm³/mol. The Morgan fingerprint density at radius 3 is 2.77 bits per heavy atom. The Morgan fingerprint density at radius 2 is 2.09 bits per heavy atom. The van der Waals surface area contributed by atoms with Gasteiger partial charge in [-0.3, -0.25) is 4.79 Å². The third kappa shape index (κ3) is 3.46. The van der Waals surface area contributed by atoms with Gasteiger partial charge in [-0.15, -0.1) is 0 Å². The number of carbonyl (C=O) groups excluding carboxylic acids is 1. The van der Waals surface area contributed by atoms with E-state index >= 15 is 0 Å². The molecule has 118 valence electrons. The second kappa shape index (κ2) is 6.73. The fourth-order valence-corrected chi connectivity index (χ4v) is 3.56. The number of carbonyl (C=O) groups is 1. The molecule has 1 aromatic rings. The Balaban J connectivity index is 1.67. The van der Waals surface area contributed by atoms with Gasteiger partial charge < -0.3 is 14.8 Å². The van der Waals surface area contributed by atoms with Crippen molar-refractivity contribution in [1.82, 2.24) is 5.32 Å². The molecule has 0 aromatic heterocycles. The van der Waals surface area contributed by atoms with Crippen LogP contribution in [0.15, 0.2) is 28.8 Å². The topological polar surface area (TPSA) is 47.6 Å². The number of hydrogen-bond acceptors (Lipinski definition) is 3. The van der Waals surface area contributed by atoms with Crippen molar-refractivity contribution in [2.24, 2.45) is 5.92 Å². The summed E-state index contributed by atoms with van der Waals surface area (Å²) in [5.41, 5.74) is 1.000. The molecule has 0 saturated heterocycles. The van der Waals surface area contributed by atoms with E-state index in [2.05, 4.69) is 33.4 Å². The molecule has 3 rings (SSSR count). The molecule has 0 radical (unpaired) electrons. The molecule has 0 unspecified atom stereocenters. The molecule has 0 spiro atoms. The van der Waals surface area contributed by atoms with Crippen LogP contribution in [0.1, 0.15) is 37.8 Å². The summed E-state index contributed by atoms with van der Waals surface area (Å²) in [4.78, 5) is 12.2. The van der Waals surface area contributed by atoms with Gasteiger partial charge in [0.1, 0.15) is 13.2 Å². The summed E-state index contributed by atoms with van der Waals surface area (Å²) in [6.45, 7) is 3.11. The minimum Gasteiger partial charge on any atom is -0.486 e. The fraction of sp³-hybridized carbons (Fsp3) is 0.471. The zero-order valence-corrected chi connectivity index (χ0v) is 14.2. The van der Waals surface area contributed by atoms with Gasteiger partial charge in [0.25, 0.3) is 0 Å². The van der Waals surface area contributed by atoms with E-state index in [1.54, 1.807) is 0 Å². The van der Waals surface area contributed by atoms with Crippen molar-refractivity contribution in [3.8, 4) is 11.5 Å². The summed E-state index contributed by atoms with van der Waals surface area (Å²) < 4.78 is 12.1. The number of ether oxygens (including phenoxy) is 2. The number of rotatable bonds is 4. The lowest BCUT2D eigenvalue weighted by Crippen LogP contribution is -2.28. The van der Waals surface area contributed by atoms with Crippen LogP contribution >= 0.6 is 15.9 Å². The van der Waals surface area contributed by atoms with Gasteiger partial charge in [0, 0.05) is 10.9 Å². The van der Waals surface area contributed by atoms with E-state index in [0.29, 0.717) is 25.6 Å². The van der Waals surface area contributed by atoms with Gasteiger partial charge in [-0.1, -0.05) is 28.1 Å². The van der Waals surface area contributed by atoms with Crippen LogP contribution in [0.5, 0.6) is 11.5 Å². The lowest BCUT2D eigenvalue weighted by Gasteiger charge is -2.22. The summed E-state index contributed by atoms with van der Waals surface area (Å²) in [5.74, 6) is 1.96. The molecule has 1 aliphatic carbocycles. The third-order valence-corrected chi connectivity index (χ3v) is 4.75. The number of benzene rings is 1. The molecule has 1 aliphatic heterocycles. The first-order valence-corrected chi connectivity index (χ1v) is 8.48. The van der Waals surface area contributed by atoms with Crippen LogP contribution in [-0.4, -0.2) is 19.1 Å². The molecule has 22 heavy (non-hydrogen) atoms. The highest BCUT2D eigenvalue weighted by Crippen LogP contribution is 2.37.